The summed E-state index contributed by atoms with van der Waals surface area (Å²) in [6.45, 7) is 0. The van der Waals surface area contributed by atoms with Gasteiger partial charge >= 0.3 is 0 Å². The van der Waals surface area contributed by atoms with Gasteiger partial charge in [0.15, 0.2) is 0 Å². The number of halogens is 2. The van der Waals surface area contributed by atoms with Crippen LogP contribution in [0.2, 0.25) is 0 Å². The van der Waals surface area contributed by atoms with E-state index in [0.717, 1.165) is 0 Å². The van der Waals surface area contributed by atoms with Crippen LogP contribution in [0.25, 0.3) is 0 Å². The third kappa shape index (κ3) is 3.07. The maximum absolute atomic E-state index is 13.2. The van der Waals surface area contributed by atoms with Gasteiger partial charge in [-0.2, -0.15) is 9.97 Å². The molecular formula is C11H9BrFN3O2. The van der Waals surface area contributed by atoms with Crippen molar-refractivity contribution in [1.82, 2.24) is 9.97 Å². The van der Waals surface area contributed by atoms with Gasteiger partial charge in [0.05, 0.1) is 13.2 Å². The van der Waals surface area contributed by atoms with Gasteiger partial charge in [-0.25, -0.2) is 4.39 Å². The van der Waals surface area contributed by atoms with Crippen LogP contribution < -0.4 is 15.2 Å². The minimum absolute atomic E-state index is 0.0137. The molecule has 0 spiro atoms. The number of ether oxygens (including phenoxy) is 2. The summed E-state index contributed by atoms with van der Waals surface area (Å²) < 4.78 is 24.0. The highest BCUT2D eigenvalue weighted by Crippen LogP contribution is 2.26. The second-order valence-electron chi connectivity index (χ2n) is 3.31. The second kappa shape index (κ2) is 5.18. The number of rotatable bonds is 3. The predicted molar refractivity (Wildman–Crippen MR) is 67.2 cm³/mol. The molecule has 94 valence electrons. The Kier molecular flexibility index (Phi) is 3.61. The first kappa shape index (κ1) is 12.6. The number of benzene rings is 1. The van der Waals surface area contributed by atoms with Crippen LogP contribution in [-0.4, -0.2) is 17.1 Å². The molecule has 1 aromatic carbocycles. The van der Waals surface area contributed by atoms with Gasteiger partial charge in [-0.05, 0) is 12.1 Å². The van der Waals surface area contributed by atoms with Crippen molar-refractivity contribution < 1.29 is 13.9 Å². The Morgan fingerprint density at radius 1 is 1.17 bits per heavy atom. The summed E-state index contributed by atoms with van der Waals surface area (Å²) in [5.74, 6) is 0.333. The Hall–Kier alpha value is -1.89. The van der Waals surface area contributed by atoms with Crippen molar-refractivity contribution in [1.29, 1.82) is 0 Å². The SMILES string of the molecule is COc1cc(Oc2cc(F)cc(Br)c2)nc(N)n1. The highest BCUT2D eigenvalue weighted by molar-refractivity contribution is 9.10. The quantitative estimate of drug-likeness (QED) is 0.943. The standard InChI is InChI=1S/C11H9BrFN3O2/c1-17-9-5-10(16-11(14)15-9)18-8-3-6(12)2-7(13)4-8/h2-5H,1H3,(H2,14,15,16). The van der Waals surface area contributed by atoms with Crippen molar-refractivity contribution in [3.8, 4) is 17.5 Å². The largest absolute Gasteiger partial charge is 0.481 e. The lowest BCUT2D eigenvalue weighted by Crippen LogP contribution is -1.99. The van der Waals surface area contributed by atoms with Crippen LogP contribution in [0.1, 0.15) is 0 Å². The molecule has 0 bridgehead atoms. The van der Waals surface area contributed by atoms with Gasteiger partial charge in [-0.15, -0.1) is 0 Å². The predicted octanol–water partition coefficient (Wildman–Crippen LogP) is 2.76. The molecule has 0 saturated heterocycles. The lowest BCUT2D eigenvalue weighted by molar-refractivity contribution is 0.389. The summed E-state index contributed by atoms with van der Waals surface area (Å²) >= 11 is 3.17. The van der Waals surface area contributed by atoms with Crippen LogP contribution in [0.5, 0.6) is 17.5 Å². The number of hydrogen-bond donors (Lipinski definition) is 1. The molecule has 1 heterocycles. The molecular weight excluding hydrogens is 305 g/mol. The highest BCUT2D eigenvalue weighted by atomic mass is 79.9. The molecule has 7 heteroatoms. The average molecular weight is 314 g/mol. The molecule has 0 aliphatic rings. The molecule has 0 atom stereocenters. The first-order chi connectivity index (χ1) is 8.56. The van der Waals surface area contributed by atoms with Crippen LogP contribution in [0.3, 0.4) is 0 Å². The molecule has 2 rings (SSSR count). The number of methoxy groups -OCH3 is 1. The first-order valence-electron chi connectivity index (χ1n) is 4.89. The van der Waals surface area contributed by atoms with Crippen molar-refractivity contribution in [3.63, 3.8) is 0 Å². The lowest BCUT2D eigenvalue weighted by atomic mass is 10.3. The maximum Gasteiger partial charge on any atom is 0.227 e. The van der Waals surface area contributed by atoms with Crippen molar-refractivity contribution in [2.45, 2.75) is 0 Å². The van der Waals surface area contributed by atoms with E-state index in [0.29, 0.717) is 10.2 Å². The number of hydrogen-bond acceptors (Lipinski definition) is 5. The lowest BCUT2D eigenvalue weighted by Gasteiger charge is -2.07. The van der Waals surface area contributed by atoms with E-state index >= 15 is 0 Å². The van der Waals surface area contributed by atoms with Crippen molar-refractivity contribution in [2.75, 3.05) is 12.8 Å². The van der Waals surface area contributed by atoms with Crippen molar-refractivity contribution in [3.05, 3.63) is 34.6 Å². The van der Waals surface area contributed by atoms with Gasteiger partial charge in [-0.3, -0.25) is 0 Å². The number of nitrogen functional groups attached to an aromatic ring is 1. The van der Waals surface area contributed by atoms with E-state index in [1.807, 2.05) is 0 Å². The van der Waals surface area contributed by atoms with Crippen molar-refractivity contribution >= 4 is 21.9 Å². The van der Waals surface area contributed by atoms with Crippen LogP contribution in [0.4, 0.5) is 10.3 Å². The monoisotopic (exact) mass is 313 g/mol. The summed E-state index contributed by atoms with van der Waals surface area (Å²) in [5, 5.41) is 0. The number of nitrogens with two attached hydrogens (primary N) is 1. The second-order valence-corrected chi connectivity index (χ2v) is 4.23. The zero-order valence-corrected chi connectivity index (χ0v) is 10.9. The van der Waals surface area contributed by atoms with Crippen LogP contribution in [-0.2, 0) is 0 Å². The van der Waals surface area contributed by atoms with Crippen LogP contribution in [0, 0.1) is 5.82 Å². The molecule has 1 aromatic heterocycles. The Morgan fingerprint density at radius 2 is 1.89 bits per heavy atom. The van der Waals surface area contributed by atoms with Gasteiger partial charge in [0.2, 0.25) is 17.7 Å². The minimum atomic E-state index is -0.423. The Bertz CT molecular complexity index is 560. The van der Waals surface area contributed by atoms with Gasteiger partial charge in [0, 0.05) is 10.5 Å². The molecule has 0 radical (unpaired) electrons. The third-order valence-electron chi connectivity index (χ3n) is 1.96. The summed E-state index contributed by atoms with van der Waals surface area (Å²) in [5.41, 5.74) is 5.48. The van der Waals surface area contributed by atoms with E-state index in [1.165, 1.54) is 25.3 Å². The Labute approximate surface area is 111 Å². The first-order valence-corrected chi connectivity index (χ1v) is 5.68. The van der Waals surface area contributed by atoms with Gasteiger partial charge in [-0.1, -0.05) is 15.9 Å². The fraction of sp³-hybridized carbons (Fsp3) is 0.0909. The van der Waals surface area contributed by atoms with E-state index in [2.05, 4.69) is 25.9 Å². The summed E-state index contributed by atoms with van der Waals surface area (Å²) in [6, 6.07) is 5.61. The normalized spacial score (nSPS) is 10.2. The van der Waals surface area contributed by atoms with E-state index in [1.54, 1.807) is 6.07 Å². The molecule has 0 amide bonds. The average Bonchev–Trinajstić information content (AvgIpc) is 2.26. The highest BCUT2D eigenvalue weighted by Gasteiger charge is 2.06. The number of aromatic nitrogens is 2. The van der Waals surface area contributed by atoms with Crippen LogP contribution >= 0.6 is 15.9 Å². The van der Waals surface area contributed by atoms with Gasteiger partial charge in [0.25, 0.3) is 0 Å². The Balaban J connectivity index is 2.30. The zero-order valence-electron chi connectivity index (χ0n) is 9.35. The number of nitrogens with zero attached hydrogens (tertiary/aromatic N) is 2. The number of anilines is 1. The van der Waals surface area contributed by atoms with Gasteiger partial charge < -0.3 is 15.2 Å². The van der Waals surface area contributed by atoms with Gasteiger partial charge in [0.1, 0.15) is 11.6 Å². The summed E-state index contributed by atoms with van der Waals surface area (Å²) in [6.07, 6.45) is 0. The van der Waals surface area contributed by atoms with Crippen molar-refractivity contribution in [2.24, 2.45) is 0 Å². The molecule has 18 heavy (non-hydrogen) atoms. The summed E-state index contributed by atoms with van der Waals surface area (Å²) in [4.78, 5) is 7.67. The molecule has 0 unspecified atom stereocenters. The topological polar surface area (TPSA) is 70.3 Å². The fourth-order valence-corrected chi connectivity index (χ4v) is 1.73. The van der Waals surface area contributed by atoms with Crippen LogP contribution in [0.15, 0.2) is 28.7 Å². The minimum Gasteiger partial charge on any atom is -0.481 e. The smallest absolute Gasteiger partial charge is 0.227 e. The zero-order chi connectivity index (χ0) is 13.1. The maximum atomic E-state index is 13.2. The molecule has 2 aromatic rings. The third-order valence-corrected chi connectivity index (χ3v) is 2.42. The summed E-state index contributed by atoms with van der Waals surface area (Å²) in [7, 11) is 1.45. The molecule has 2 N–H and O–H groups in total. The Morgan fingerprint density at radius 3 is 2.56 bits per heavy atom. The fourth-order valence-electron chi connectivity index (χ4n) is 1.29. The molecule has 0 fully saturated rings. The molecule has 0 aliphatic carbocycles. The van der Waals surface area contributed by atoms with E-state index in [4.69, 9.17) is 15.2 Å². The molecule has 5 nitrogen and oxygen atoms in total. The van der Waals surface area contributed by atoms with E-state index in [-0.39, 0.29) is 17.7 Å². The molecule has 0 aliphatic heterocycles. The molecule has 0 saturated carbocycles. The van der Waals surface area contributed by atoms with E-state index < -0.39 is 5.82 Å². The van der Waals surface area contributed by atoms with E-state index in [9.17, 15) is 4.39 Å².